The van der Waals surface area contributed by atoms with Crippen molar-refractivity contribution in [2.75, 3.05) is 6.61 Å². The highest BCUT2D eigenvalue weighted by atomic mass is 16.7. The van der Waals surface area contributed by atoms with Crippen LogP contribution in [0.25, 0.3) is 0 Å². The van der Waals surface area contributed by atoms with Gasteiger partial charge in [0.1, 0.15) is 5.78 Å². The van der Waals surface area contributed by atoms with Crippen LogP contribution < -0.4 is 0 Å². The summed E-state index contributed by atoms with van der Waals surface area (Å²) < 4.78 is 10.2. The number of ether oxygens (including phenoxy) is 2. The van der Waals surface area contributed by atoms with Gasteiger partial charge in [-0.05, 0) is 13.8 Å². The molecule has 1 aliphatic heterocycles. The zero-order chi connectivity index (χ0) is 10.9. The van der Waals surface area contributed by atoms with E-state index in [1.54, 1.807) is 0 Å². The Kier molecular flexibility index (Phi) is 2.95. The smallest absolute Gasteiger partial charge is 0.304 e. The number of ketones is 1. The fourth-order valence-electron chi connectivity index (χ4n) is 1.55. The van der Waals surface area contributed by atoms with Crippen LogP contribution >= 0.6 is 0 Å². The Morgan fingerprint density at radius 1 is 1.43 bits per heavy atom. The fourth-order valence-corrected chi connectivity index (χ4v) is 1.55. The molecule has 0 radical (unpaired) electrons. The second-order valence-electron chi connectivity index (χ2n) is 4.05. The molecule has 14 heavy (non-hydrogen) atoms. The van der Waals surface area contributed by atoms with Crippen LogP contribution in [-0.4, -0.2) is 24.6 Å². The van der Waals surface area contributed by atoms with E-state index >= 15 is 0 Å². The van der Waals surface area contributed by atoms with Crippen molar-refractivity contribution in [3.63, 3.8) is 0 Å². The third-order valence-corrected chi connectivity index (χ3v) is 3.05. The third-order valence-electron chi connectivity index (χ3n) is 3.05. The van der Waals surface area contributed by atoms with Gasteiger partial charge in [0.25, 0.3) is 0 Å². The monoisotopic (exact) mass is 200 g/mol. The van der Waals surface area contributed by atoms with E-state index in [-0.39, 0.29) is 17.7 Å². The number of esters is 1. The summed E-state index contributed by atoms with van der Waals surface area (Å²) >= 11 is 0. The lowest BCUT2D eigenvalue weighted by molar-refractivity contribution is -0.172. The molecule has 1 aliphatic rings. The van der Waals surface area contributed by atoms with Crippen LogP contribution in [0.2, 0.25) is 0 Å². The lowest BCUT2D eigenvalue weighted by Crippen LogP contribution is -2.34. The van der Waals surface area contributed by atoms with Crippen molar-refractivity contribution in [3.8, 4) is 0 Å². The van der Waals surface area contributed by atoms with Gasteiger partial charge in [0, 0.05) is 12.8 Å². The van der Waals surface area contributed by atoms with Gasteiger partial charge in [0.15, 0.2) is 0 Å². The van der Waals surface area contributed by atoms with E-state index in [1.807, 2.05) is 13.8 Å². The van der Waals surface area contributed by atoms with Crippen LogP contribution in [0, 0.1) is 11.3 Å². The minimum absolute atomic E-state index is 0.0691. The van der Waals surface area contributed by atoms with Crippen molar-refractivity contribution < 1.29 is 19.1 Å². The van der Waals surface area contributed by atoms with Crippen molar-refractivity contribution in [3.05, 3.63) is 0 Å². The second kappa shape index (κ2) is 3.69. The first-order chi connectivity index (χ1) is 6.38. The Balaban J connectivity index is 2.73. The first-order valence-corrected chi connectivity index (χ1v) is 4.68. The fraction of sp³-hybridized carbons (Fsp3) is 0.800. The molecular formula is C10H16O4. The average Bonchev–Trinajstić information content (AvgIpc) is 2.33. The predicted octanol–water partition coefficient (Wildman–Crippen LogP) is 1.14. The highest BCUT2D eigenvalue weighted by Crippen LogP contribution is 2.39. The van der Waals surface area contributed by atoms with Crippen molar-refractivity contribution in [1.82, 2.24) is 0 Å². The van der Waals surface area contributed by atoms with Gasteiger partial charge in [-0.1, -0.05) is 6.92 Å². The van der Waals surface area contributed by atoms with E-state index in [1.165, 1.54) is 13.8 Å². The Bertz CT molecular complexity index is 261. The molecule has 80 valence electrons. The molecule has 1 fully saturated rings. The van der Waals surface area contributed by atoms with E-state index in [9.17, 15) is 9.59 Å². The minimum atomic E-state index is -0.582. The molecule has 0 saturated carbocycles. The van der Waals surface area contributed by atoms with Gasteiger partial charge in [-0.25, -0.2) is 0 Å². The molecule has 0 aromatic heterocycles. The molecule has 0 unspecified atom stereocenters. The zero-order valence-corrected chi connectivity index (χ0v) is 8.99. The SMILES string of the molecule is CC(=O)O[C@@H]1OC[C@](C)(C(C)=O)[C@H]1C. The van der Waals surface area contributed by atoms with Gasteiger partial charge in [0.05, 0.1) is 12.0 Å². The predicted molar refractivity (Wildman–Crippen MR) is 49.5 cm³/mol. The lowest BCUT2D eigenvalue weighted by atomic mass is 9.77. The highest BCUT2D eigenvalue weighted by Gasteiger charge is 2.48. The molecule has 0 aliphatic carbocycles. The maximum absolute atomic E-state index is 11.4. The maximum atomic E-state index is 11.4. The Morgan fingerprint density at radius 2 is 2.00 bits per heavy atom. The number of hydrogen-bond donors (Lipinski definition) is 0. The summed E-state index contributed by atoms with van der Waals surface area (Å²) in [4.78, 5) is 22.1. The molecule has 1 saturated heterocycles. The highest BCUT2D eigenvalue weighted by molar-refractivity contribution is 5.82. The van der Waals surface area contributed by atoms with Gasteiger partial charge in [-0.3, -0.25) is 9.59 Å². The van der Waals surface area contributed by atoms with Crippen molar-refractivity contribution in [2.24, 2.45) is 11.3 Å². The average molecular weight is 200 g/mol. The first kappa shape index (κ1) is 11.2. The quantitative estimate of drug-likeness (QED) is 0.627. The molecule has 0 amide bonds. The molecule has 0 aromatic carbocycles. The maximum Gasteiger partial charge on any atom is 0.304 e. The molecule has 0 spiro atoms. The molecule has 0 aromatic rings. The Hall–Kier alpha value is -0.900. The van der Waals surface area contributed by atoms with E-state index in [0.717, 1.165) is 0 Å². The molecule has 3 atom stereocenters. The summed E-state index contributed by atoms with van der Waals surface area (Å²) in [5, 5.41) is 0. The summed E-state index contributed by atoms with van der Waals surface area (Å²) in [5.74, 6) is -0.404. The molecule has 0 N–H and O–H groups in total. The van der Waals surface area contributed by atoms with Crippen LogP contribution in [-0.2, 0) is 19.1 Å². The van der Waals surface area contributed by atoms with Crippen LogP contribution in [0.15, 0.2) is 0 Å². The van der Waals surface area contributed by atoms with Crippen molar-refractivity contribution in [1.29, 1.82) is 0 Å². The summed E-state index contributed by atoms with van der Waals surface area (Å²) in [6.45, 7) is 6.89. The molecule has 1 heterocycles. The van der Waals surface area contributed by atoms with E-state index in [0.29, 0.717) is 6.61 Å². The third kappa shape index (κ3) is 1.80. The largest absolute Gasteiger partial charge is 0.436 e. The number of hydrogen-bond acceptors (Lipinski definition) is 4. The Morgan fingerprint density at radius 3 is 2.36 bits per heavy atom. The van der Waals surface area contributed by atoms with Gasteiger partial charge in [-0.2, -0.15) is 0 Å². The van der Waals surface area contributed by atoms with Crippen molar-refractivity contribution >= 4 is 11.8 Å². The van der Waals surface area contributed by atoms with E-state index in [2.05, 4.69) is 0 Å². The molecule has 4 nitrogen and oxygen atoms in total. The van der Waals surface area contributed by atoms with Crippen molar-refractivity contribution in [2.45, 2.75) is 34.0 Å². The molecule has 1 rings (SSSR count). The van der Waals surface area contributed by atoms with E-state index in [4.69, 9.17) is 9.47 Å². The summed E-state index contributed by atoms with van der Waals surface area (Å²) in [5.41, 5.74) is -0.528. The second-order valence-corrected chi connectivity index (χ2v) is 4.05. The summed E-state index contributed by atoms with van der Waals surface area (Å²) in [6, 6.07) is 0. The lowest BCUT2D eigenvalue weighted by Gasteiger charge is -2.25. The normalized spacial score (nSPS) is 36.9. The van der Waals surface area contributed by atoms with Crippen LogP contribution in [0.1, 0.15) is 27.7 Å². The van der Waals surface area contributed by atoms with E-state index < -0.39 is 11.7 Å². The van der Waals surface area contributed by atoms with Crippen LogP contribution in [0.4, 0.5) is 0 Å². The molecular weight excluding hydrogens is 184 g/mol. The topological polar surface area (TPSA) is 52.6 Å². The summed E-state index contributed by atoms with van der Waals surface area (Å²) in [6.07, 6.45) is -0.582. The zero-order valence-electron chi connectivity index (χ0n) is 8.99. The molecule has 4 heteroatoms. The number of rotatable bonds is 2. The van der Waals surface area contributed by atoms with Crippen LogP contribution in [0.3, 0.4) is 0 Å². The molecule has 0 bridgehead atoms. The van der Waals surface area contributed by atoms with Crippen LogP contribution in [0.5, 0.6) is 0 Å². The van der Waals surface area contributed by atoms with Gasteiger partial charge >= 0.3 is 5.97 Å². The number of Topliss-reactive ketones (excluding diaryl/α,β-unsaturated/α-hetero) is 1. The van der Waals surface area contributed by atoms with Gasteiger partial charge in [-0.15, -0.1) is 0 Å². The van der Waals surface area contributed by atoms with Gasteiger partial charge in [0.2, 0.25) is 6.29 Å². The van der Waals surface area contributed by atoms with Gasteiger partial charge < -0.3 is 9.47 Å². The summed E-state index contributed by atoms with van der Waals surface area (Å²) in [7, 11) is 0. The number of carbonyl (C=O) groups is 2. The standard InChI is InChI=1S/C10H16O4/c1-6-9(14-8(3)12)13-5-10(6,4)7(2)11/h6,9H,5H2,1-4H3/t6-,9-,10-/m0/s1. The Labute approximate surface area is 83.6 Å². The first-order valence-electron chi connectivity index (χ1n) is 4.68. The number of carbonyl (C=O) groups excluding carboxylic acids is 2. The minimum Gasteiger partial charge on any atom is -0.436 e.